The zero-order valence-corrected chi connectivity index (χ0v) is 13.3. The summed E-state index contributed by atoms with van der Waals surface area (Å²) in [5.74, 6) is 0.277. The maximum absolute atomic E-state index is 12.8. The number of nitrogens with one attached hydrogen (secondary N) is 2. The number of hydrogen-bond donors (Lipinski definition) is 2. The molecule has 2 aliphatic heterocycles. The van der Waals surface area contributed by atoms with Crippen molar-refractivity contribution in [1.29, 1.82) is 0 Å². The molecular weight excluding hydrogens is 292 g/mol. The zero-order valence-electron chi connectivity index (χ0n) is 13.3. The van der Waals surface area contributed by atoms with Crippen molar-refractivity contribution in [2.45, 2.75) is 38.1 Å². The molecular formula is C17H18N4O2. The van der Waals surface area contributed by atoms with Crippen LogP contribution in [0.2, 0.25) is 0 Å². The standard InChI is InChI=1S/C17H18N4O2/c1-16(2,3)21-14-11(9-18-21)17(8-13(22)20-14)10-6-4-5-7-12(10)19-15(17)23/h4-7,9H,8H2,1-3H3,(H,19,23)(H,20,22)/t17-/m0/s1. The molecule has 0 saturated heterocycles. The van der Waals surface area contributed by atoms with Crippen LogP contribution in [0.4, 0.5) is 11.5 Å². The van der Waals surface area contributed by atoms with Gasteiger partial charge in [0.05, 0.1) is 11.7 Å². The van der Waals surface area contributed by atoms with Crippen molar-refractivity contribution >= 4 is 23.3 Å². The summed E-state index contributed by atoms with van der Waals surface area (Å²) in [6.45, 7) is 6.03. The highest BCUT2D eigenvalue weighted by Crippen LogP contribution is 2.50. The summed E-state index contributed by atoms with van der Waals surface area (Å²) >= 11 is 0. The van der Waals surface area contributed by atoms with Crippen LogP contribution in [0, 0.1) is 0 Å². The third kappa shape index (κ3) is 1.72. The molecule has 2 amide bonds. The van der Waals surface area contributed by atoms with E-state index in [1.165, 1.54) is 0 Å². The third-order valence-corrected chi connectivity index (χ3v) is 4.57. The van der Waals surface area contributed by atoms with Gasteiger partial charge >= 0.3 is 0 Å². The van der Waals surface area contributed by atoms with Gasteiger partial charge in [0.2, 0.25) is 11.8 Å². The molecule has 0 saturated carbocycles. The molecule has 3 heterocycles. The van der Waals surface area contributed by atoms with Gasteiger partial charge in [-0.1, -0.05) is 18.2 Å². The normalized spacial score (nSPS) is 22.6. The van der Waals surface area contributed by atoms with Gasteiger partial charge in [0.15, 0.2) is 0 Å². The second-order valence-corrected chi connectivity index (χ2v) is 7.12. The Morgan fingerprint density at radius 1 is 1.13 bits per heavy atom. The Balaban J connectivity index is 2.02. The Hall–Kier alpha value is -2.63. The molecule has 0 aliphatic carbocycles. The number of carbonyl (C=O) groups is 2. The van der Waals surface area contributed by atoms with Crippen molar-refractivity contribution in [2.24, 2.45) is 0 Å². The number of rotatable bonds is 0. The molecule has 4 rings (SSSR count). The molecule has 0 unspecified atom stereocenters. The van der Waals surface area contributed by atoms with Crippen molar-refractivity contribution in [3.05, 3.63) is 41.6 Å². The maximum atomic E-state index is 12.8. The monoisotopic (exact) mass is 310 g/mol. The number of anilines is 2. The Bertz CT molecular complexity index is 847. The fraction of sp³-hybridized carbons (Fsp3) is 0.353. The molecule has 0 bridgehead atoms. The van der Waals surface area contributed by atoms with Crippen LogP contribution in [-0.4, -0.2) is 21.6 Å². The van der Waals surface area contributed by atoms with Gasteiger partial charge in [-0.05, 0) is 32.4 Å². The molecule has 6 nitrogen and oxygen atoms in total. The lowest BCUT2D eigenvalue weighted by atomic mass is 9.72. The van der Waals surface area contributed by atoms with Gasteiger partial charge in [-0.3, -0.25) is 9.59 Å². The Kier molecular flexibility index (Phi) is 2.57. The molecule has 0 radical (unpaired) electrons. The minimum Gasteiger partial charge on any atom is -0.325 e. The van der Waals surface area contributed by atoms with Crippen LogP contribution >= 0.6 is 0 Å². The molecule has 2 aromatic rings. The van der Waals surface area contributed by atoms with E-state index in [2.05, 4.69) is 15.7 Å². The second-order valence-electron chi connectivity index (χ2n) is 7.12. The first-order valence-electron chi connectivity index (χ1n) is 7.64. The van der Waals surface area contributed by atoms with Crippen molar-refractivity contribution in [3.63, 3.8) is 0 Å². The van der Waals surface area contributed by atoms with Crippen molar-refractivity contribution in [3.8, 4) is 0 Å². The Labute approximate surface area is 133 Å². The molecule has 118 valence electrons. The fourth-order valence-electron chi connectivity index (χ4n) is 3.56. The van der Waals surface area contributed by atoms with Crippen LogP contribution in [0.5, 0.6) is 0 Å². The van der Waals surface area contributed by atoms with Crippen LogP contribution in [-0.2, 0) is 20.5 Å². The van der Waals surface area contributed by atoms with Gasteiger partial charge in [-0.25, -0.2) is 4.68 Å². The number of para-hydroxylation sites is 1. The molecule has 2 aliphatic rings. The van der Waals surface area contributed by atoms with Crippen LogP contribution in [0.25, 0.3) is 0 Å². The Morgan fingerprint density at radius 2 is 1.87 bits per heavy atom. The lowest BCUT2D eigenvalue weighted by Gasteiger charge is -2.33. The lowest BCUT2D eigenvalue weighted by Crippen LogP contribution is -2.44. The number of nitrogens with zero attached hydrogens (tertiary/aromatic N) is 2. The van der Waals surface area contributed by atoms with Crippen LogP contribution in [0.15, 0.2) is 30.5 Å². The zero-order chi connectivity index (χ0) is 16.4. The number of benzene rings is 1. The number of hydrogen-bond acceptors (Lipinski definition) is 3. The third-order valence-electron chi connectivity index (χ3n) is 4.57. The minimum absolute atomic E-state index is 0.0959. The molecule has 23 heavy (non-hydrogen) atoms. The van der Waals surface area contributed by atoms with E-state index in [1.54, 1.807) is 10.9 Å². The van der Waals surface area contributed by atoms with E-state index < -0.39 is 5.41 Å². The summed E-state index contributed by atoms with van der Waals surface area (Å²) in [5.41, 5.74) is 1.08. The summed E-state index contributed by atoms with van der Waals surface area (Å²) in [6, 6.07) is 7.54. The number of aromatic nitrogens is 2. The fourth-order valence-corrected chi connectivity index (χ4v) is 3.56. The predicted octanol–water partition coefficient (Wildman–Crippen LogP) is 2.22. The van der Waals surface area contributed by atoms with E-state index in [0.717, 1.165) is 16.8 Å². The van der Waals surface area contributed by atoms with E-state index in [0.29, 0.717) is 5.82 Å². The molecule has 6 heteroatoms. The Morgan fingerprint density at radius 3 is 2.61 bits per heavy atom. The lowest BCUT2D eigenvalue weighted by molar-refractivity contribution is -0.125. The highest BCUT2D eigenvalue weighted by molar-refractivity contribution is 6.14. The van der Waals surface area contributed by atoms with Crippen molar-refractivity contribution < 1.29 is 9.59 Å². The average molecular weight is 310 g/mol. The van der Waals surface area contributed by atoms with E-state index in [4.69, 9.17) is 0 Å². The van der Waals surface area contributed by atoms with Gasteiger partial charge in [0.1, 0.15) is 11.2 Å². The highest BCUT2D eigenvalue weighted by Gasteiger charge is 2.54. The smallest absolute Gasteiger partial charge is 0.240 e. The van der Waals surface area contributed by atoms with Gasteiger partial charge in [0, 0.05) is 17.7 Å². The van der Waals surface area contributed by atoms with Gasteiger partial charge < -0.3 is 10.6 Å². The van der Waals surface area contributed by atoms with Crippen molar-refractivity contribution in [1.82, 2.24) is 9.78 Å². The molecule has 1 atom stereocenters. The second kappa shape index (κ2) is 4.22. The van der Waals surface area contributed by atoms with Crippen LogP contribution in [0.1, 0.15) is 38.3 Å². The molecule has 1 aromatic carbocycles. The summed E-state index contributed by atoms with van der Waals surface area (Å²) in [7, 11) is 0. The quantitative estimate of drug-likeness (QED) is 0.783. The van der Waals surface area contributed by atoms with E-state index in [9.17, 15) is 9.59 Å². The van der Waals surface area contributed by atoms with E-state index in [-0.39, 0.29) is 23.8 Å². The first-order chi connectivity index (χ1) is 10.8. The molecule has 1 spiro atoms. The summed E-state index contributed by atoms with van der Waals surface area (Å²) in [6.07, 6.45) is 1.81. The van der Waals surface area contributed by atoms with Crippen LogP contribution in [0.3, 0.4) is 0 Å². The first kappa shape index (κ1) is 14.0. The molecule has 1 aromatic heterocycles. The van der Waals surface area contributed by atoms with E-state index >= 15 is 0 Å². The number of fused-ring (bicyclic) bond motifs is 4. The maximum Gasteiger partial charge on any atom is 0.240 e. The summed E-state index contributed by atoms with van der Waals surface area (Å²) < 4.78 is 1.77. The number of carbonyl (C=O) groups excluding carboxylic acids is 2. The SMILES string of the molecule is CC(C)(C)n1ncc2c1NC(=O)C[C@@]21C(=O)Nc2ccccc21. The molecule has 2 N–H and O–H groups in total. The first-order valence-corrected chi connectivity index (χ1v) is 7.64. The summed E-state index contributed by atoms with van der Waals surface area (Å²) in [4.78, 5) is 25.2. The minimum atomic E-state index is -0.988. The average Bonchev–Trinajstić information content (AvgIpc) is 3.00. The van der Waals surface area contributed by atoms with Gasteiger partial charge in [-0.2, -0.15) is 5.10 Å². The van der Waals surface area contributed by atoms with Crippen LogP contribution < -0.4 is 10.6 Å². The van der Waals surface area contributed by atoms with Crippen molar-refractivity contribution in [2.75, 3.05) is 10.6 Å². The summed E-state index contributed by atoms with van der Waals surface area (Å²) in [5, 5.41) is 10.3. The topological polar surface area (TPSA) is 76.0 Å². The van der Waals surface area contributed by atoms with E-state index in [1.807, 2.05) is 45.0 Å². The highest BCUT2D eigenvalue weighted by atomic mass is 16.2. The van der Waals surface area contributed by atoms with Gasteiger partial charge in [-0.15, -0.1) is 0 Å². The van der Waals surface area contributed by atoms with Gasteiger partial charge in [0.25, 0.3) is 0 Å². The largest absolute Gasteiger partial charge is 0.325 e. The molecule has 0 fully saturated rings. The number of amides is 2. The predicted molar refractivity (Wildman–Crippen MR) is 86.3 cm³/mol.